The summed E-state index contributed by atoms with van der Waals surface area (Å²) in [7, 11) is 0. The topological polar surface area (TPSA) is 64.3 Å². The van der Waals surface area contributed by atoms with E-state index in [-0.39, 0.29) is 17.5 Å². The van der Waals surface area contributed by atoms with Gasteiger partial charge in [0.25, 0.3) is 0 Å². The van der Waals surface area contributed by atoms with Crippen LogP contribution in [0.3, 0.4) is 0 Å². The normalized spacial score (nSPS) is 12.6. The van der Waals surface area contributed by atoms with Crippen molar-refractivity contribution < 1.29 is 13.9 Å². The summed E-state index contributed by atoms with van der Waals surface area (Å²) < 4.78 is 18.9. The Morgan fingerprint density at radius 2 is 1.74 bits per heavy atom. The summed E-state index contributed by atoms with van der Waals surface area (Å²) in [6.07, 6.45) is 3.55. The van der Waals surface area contributed by atoms with Gasteiger partial charge >= 0.3 is 6.09 Å². The third-order valence-corrected chi connectivity index (χ3v) is 5.66. The van der Waals surface area contributed by atoms with E-state index in [2.05, 4.69) is 29.6 Å². The number of ether oxygens (including phenoxy) is 1. The highest BCUT2D eigenvalue weighted by Crippen LogP contribution is 2.44. The summed E-state index contributed by atoms with van der Waals surface area (Å²) >= 11 is 5.88. The lowest BCUT2D eigenvalue weighted by atomic mass is 9.98. The molecule has 158 valence electrons. The van der Waals surface area contributed by atoms with Crippen LogP contribution in [0.15, 0.2) is 66.7 Å². The van der Waals surface area contributed by atoms with Crippen molar-refractivity contribution in [3.05, 3.63) is 94.3 Å². The number of carbonyl (C=O) groups is 1. The van der Waals surface area contributed by atoms with Gasteiger partial charge in [0.15, 0.2) is 0 Å². The number of rotatable bonds is 6. The van der Waals surface area contributed by atoms with Crippen LogP contribution in [0.4, 0.5) is 14.9 Å². The lowest BCUT2D eigenvalue weighted by molar-refractivity contribution is 0.143. The maximum Gasteiger partial charge on any atom is 0.407 e. The molecule has 0 unspecified atom stereocenters. The number of anilines is 1. The molecule has 3 aromatic rings. The number of hydrogen-bond donors (Lipinski definition) is 2. The Hall–Kier alpha value is -3.31. The molecule has 0 heterocycles. The van der Waals surface area contributed by atoms with Crippen LogP contribution in [0.1, 0.15) is 29.0 Å². The minimum absolute atomic E-state index is 0.0266. The highest BCUT2D eigenvalue weighted by Gasteiger charge is 2.28. The van der Waals surface area contributed by atoms with E-state index < -0.39 is 11.9 Å². The summed E-state index contributed by atoms with van der Waals surface area (Å²) in [5.41, 5.74) is 11.4. The van der Waals surface area contributed by atoms with Gasteiger partial charge in [-0.15, -0.1) is 0 Å². The average molecular weight is 437 g/mol. The lowest BCUT2D eigenvalue weighted by Crippen LogP contribution is -2.26. The Morgan fingerprint density at radius 3 is 2.42 bits per heavy atom. The first kappa shape index (κ1) is 20.9. The molecule has 0 atom stereocenters. The van der Waals surface area contributed by atoms with Crippen LogP contribution in [0.5, 0.6) is 0 Å². The van der Waals surface area contributed by atoms with E-state index in [1.807, 2.05) is 24.3 Å². The van der Waals surface area contributed by atoms with E-state index in [0.717, 1.165) is 0 Å². The van der Waals surface area contributed by atoms with Gasteiger partial charge in [0.1, 0.15) is 12.4 Å². The van der Waals surface area contributed by atoms with Crippen molar-refractivity contribution in [2.75, 3.05) is 18.9 Å². The molecule has 1 aliphatic carbocycles. The number of nitrogen functional groups attached to an aromatic ring is 1. The number of amides is 1. The summed E-state index contributed by atoms with van der Waals surface area (Å²) in [6.45, 7) is 0.657. The first-order valence-corrected chi connectivity index (χ1v) is 10.4. The fraction of sp³-hybridized carbons (Fsp3) is 0.160. The van der Waals surface area contributed by atoms with E-state index in [4.69, 9.17) is 22.1 Å². The maximum absolute atomic E-state index is 13.4. The van der Waals surface area contributed by atoms with Crippen LogP contribution in [0, 0.1) is 5.82 Å². The van der Waals surface area contributed by atoms with Crippen molar-refractivity contribution in [3.63, 3.8) is 0 Å². The predicted molar refractivity (Wildman–Crippen MR) is 123 cm³/mol. The Balaban J connectivity index is 1.29. The van der Waals surface area contributed by atoms with E-state index in [0.29, 0.717) is 24.2 Å². The molecule has 1 amide bonds. The molecule has 3 aromatic carbocycles. The van der Waals surface area contributed by atoms with Gasteiger partial charge in [-0.25, -0.2) is 9.18 Å². The number of alkyl carbamates (subject to hydrolysis) is 1. The molecule has 4 rings (SSSR count). The van der Waals surface area contributed by atoms with Gasteiger partial charge in [0.05, 0.1) is 10.7 Å². The van der Waals surface area contributed by atoms with Crippen LogP contribution in [0.25, 0.3) is 17.2 Å². The van der Waals surface area contributed by atoms with Crippen LogP contribution in [-0.4, -0.2) is 19.2 Å². The molecule has 0 spiro atoms. The number of carbonyl (C=O) groups excluding carboxylic acids is 1. The van der Waals surface area contributed by atoms with Crippen molar-refractivity contribution in [3.8, 4) is 11.1 Å². The number of halogens is 2. The zero-order chi connectivity index (χ0) is 21.8. The number of fused-ring (bicyclic) bond motifs is 3. The van der Waals surface area contributed by atoms with Crippen molar-refractivity contribution in [1.82, 2.24) is 5.32 Å². The van der Waals surface area contributed by atoms with Crippen LogP contribution in [0.2, 0.25) is 5.02 Å². The van der Waals surface area contributed by atoms with Gasteiger partial charge in [-0.2, -0.15) is 0 Å². The maximum atomic E-state index is 13.4. The first-order chi connectivity index (χ1) is 15.0. The Kier molecular flexibility index (Phi) is 6.23. The molecule has 1 aliphatic rings. The lowest BCUT2D eigenvalue weighted by Gasteiger charge is -2.14. The minimum Gasteiger partial charge on any atom is -0.449 e. The molecule has 4 nitrogen and oxygen atoms in total. The molecular formula is C25H22ClFN2O2. The molecule has 3 N–H and O–H groups in total. The van der Waals surface area contributed by atoms with Crippen LogP contribution < -0.4 is 11.1 Å². The van der Waals surface area contributed by atoms with E-state index in [1.165, 1.54) is 34.4 Å². The zero-order valence-electron chi connectivity index (χ0n) is 16.8. The van der Waals surface area contributed by atoms with Crippen molar-refractivity contribution in [2.45, 2.75) is 12.3 Å². The number of benzene rings is 3. The van der Waals surface area contributed by atoms with E-state index in [1.54, 1.807) is 12.2 Å². The molecular weight excluding hydrogens is 415 g/mol. The zero-order valence-corrected chi connectivity index (χ0v) is 17.5. The molecule has 0 aromatic heterocycles. The molecule has 0 bridgehead atoms. The second kappa shape index (κ2) is 9.23. The fourth-order valence-electron chi connectivity index (χ4n) is 3.86. The standard InChI is InChI=1S/C25H22ClFN2O2/c26-23-14-17(27)13-16(24(23)28)7-5-6-12-29-25(30)31-15-22-20-10-3-1-8-18(20)19-9-2-4-11-21(19)22/h1-5,7-11,13-14,22H,6,12,15,28H2,(H,29,30). The fourth-order valence-corrected chi connectivity index (χ4v) is 4.07. The largest absolute Gasteiger partial charge is 0.449 e. The minimum atomic E-state index is -0.469. The highest BCUT2D eigenvalue weighted by molar-refractivity contribution is 6.33. The van der Waals surface area contributed by atoms with Gasteiger partial charge < -0.3 is 15.8 Å². The van der Waals surface area contributed by atoms with E-state index >= 15 is 0 Å². The third-order valence-electron chi connectivity index (χ3n) is 5.35. The second-order valence-electron chi connectivity index (χ2n) is 7.33. The SMILES string of the molecule is Nc1c(Cl)cc(F)cc1C=CCCNC(=O)OCC1c2ccccc2-c2ccccc21. The molecule has 6 heteroatoms. The van der Waals surface area contributed by atoms with Crippen molar-refractivity contribution in [2.24, 2.45) is 0 Å². The molecule has 0 aliphatic heterocycles. The number of hydrogen-bond acceptors (Lipinski definition) is 3. The summed E-state index contributed by atoms with van der Waals surface area (Å²) in [5, 5.41) is 2.91. The Labute approximate surface area is 185 Å². The average Bonchev–Trinajstić information content (AvgIpc) is 3.09. The van der Waals surface area contributed by atoms with Crippen LogP contribution >= 0.6 is 11.6 Å². The van der Waals surface area contributed by atoms with Gasteiger partial charge in [-0.1, -0.05) is 72.3 Å². The van der Waals surface area contributed by atoms with Crippen LogP contribution in [-0.2, 0) is 4.74 Å². The smallest absolute Gasteiger partial charge is 0.407 e. The van der Waals surface area contributed by atoms with Gasteiger partial charge in [-0.05, 0) is 40.8 Å². The van der Waals surface area contributed by atoms with Gasteiger partial charge in [-0.3, -0.25) is 0 Å². The molecule has 31 heavy (non-hydrogen) atoms. The second-order valence-corrected chi connectivity index (χ2v) is 7.74. The molecule has 0 radical (unpaired) electrons. The Morgan fingerprint density at radius 1 is 1.10 bits per heavy atom. The molecule has 0 fully saturated rings. The van der Waals surface area contributed by atoms with E-state index in [9.17, 15) is 9.18 Å². The molecule has 0 saturated heterocycles. The molecule has 0 saturated carbocycles. The van der Waals surface area contributed by atoms with Crippen molar-refractivity contribution in [1.29, 1.82) is 0 Å². The van der Waals surface area contributed by atoms with Gasteiger partial charge in [0, 0.05) is 18.0 Å². The monoisotopic (exact) mass is 436 g/mol. The quantitative estimate of drug-likeness (QED) is 0.367. The third kappa shape index (κ3) is 4.57. The summed E-state index contributed by atoms with van der Waals surface area (Å²) in [4.78, 5) is 12.2. The summed E-state index contributed by atoms with van der Waals surface area (Å²) in [5.74, 6) is -0.422. The Bertz CT molecular complexity index is 1100. The number of nitrogens with two attached hydrogens (primary N) is 1. The van der Waals surface area contributed by atoms with Gasteiger partial charge in [0.2, 0.25) is 0 Å². The first-order valence-electron chi connectivity index (χ1n) is 10.0. The number of nitrogens with one attached hydrogen (secondary N) is 1. The van der Waals surface area contributed by atoms with Crippen molar-refractivity contribution >= 4 is 29.5 Å². The summed E-state index contributed by atoms with van der Waals surface area (Å²) in [6, 6.07) is 18.9. The highest BCUT2D eigenvalue weighted by atomic mass is 35.5. The predicted octanol–water partition coefficient (Wildman–Crippen LogP) is 6.00.